The monoisotopic (exact) mass is 349 g/mol. The number of piperidine rings is 1. The average Bonchev–Trinajstić information content (AvgIpc) is 2.48. The van der Waals surface area contributed by atoms with Crippen LogP contribution < -0.4 is 0 Å². The molecule has 1 aliphatic rings. The molecule has 0 saturated carbocycles. The summed E-state index contributed by atoms with van der Waals surface area (Å²) in [5.74, 6) is -1.61. The summed E-state index contributed by atoms with van der Waals surface area (Å²) in [6.07, 6.45) is 2.42. The van der Waals surface area contributed by atoms with Crippen LogP contribution in [0.4, 0.5) is 0 Å². The highest BCUT2D eigenvalue weighted by Crippen LogP contribution is 2.58. The standard InChI is InChI=1S/C15H28NO6P/c1-5-20-23(19,21-6-2)14(16-10-8-7-9-11-16)13(17)15(18)22-12(3)4/h12,17H,5-11H2,1-4H3/b14-13-. The Kier molecular flexibility index (Phi) is 8.09. The fraction of sp³-hybridized carbons (Fsp3) is 0.800. The third kappa shape index (κ3) is 5.52. The number of carbonyl (C=O) groups excluding carboxylic acids is 1. The summed E-state index contributed by atoms with van der Waals surface area (Å²) in [5, 5.41) is 10.4. The summed E-state index contributed by atoms with van der Waals surface area (Å²) in [4.78, 5) is 13.8. The summed E-state index contributed by atoms with van der Waals surface area (Å²) in [7, 11) is -3.80. The minimum atomic E-state index is -3.80. The van der Waals surface area contributed by atoms with E-state index in [1.165, 1.54) is 0 Å². The molecule has 23 heavy (non-hydrogen) atoms. The Labute approximate surface area is 138 Å². The van der Waals surface area contributed by atoms with Crippen molar-refractivity contribution in [2.45, 2.75) is 53.1 Å². The molecule has 0 bridgehead atoms. The SMILES string of the molecule is CCOP(=O)(OCC)/C(=C(\O)C(=O)OC(C)C)N1CCCCC1. The molecule has 0 amide bonds. The largest absolute Gasteiger partial charge is 0.500 e. The van der Waals surface area contributed by atoms with Crippen LogP contribution in [0.1, 0.15) is 47.0 Å². The molecular formula is C15H28NO6P. The van der Waals surface area contributed by atoms with Gasteiger partial charge in [-0.25, -0.2) is 4.79 Å². The Bertz CT molecular complexity index is 461. The number of hydrogen-bond acceptors (Lipinski definition) is 7. The number of nitrogens with zero attached hydrogens (tertiary/aromatic N) is 1. The number of aliphatic hydroxyl groups is 1. The summed E-state index contributed by atoms with van der Waals surface area (Å²) < 4.78 is 28.8. The van der Waals surface area contributed by atoms with E-state index < -0.39 is 25.4 Å². The zero-order valence-corrected chi connectivity index (χ0v) is 15.3. The predicted molar refractivity (Wildman–Crippen MR) is 87.2 cm³/mol. The van der Waals surface area contributed by atoms with Gasteiger partial charge in [-0.3, -0.25) is 4.57 Å². The number of aliphatic hydroxyl groups excluding tert-OH is 1. The van der Waals surface area contributed by atoms with Crippen LogP contribution in [0.2, 0.25) is 0 Å². The third-order valence-corrected chi connectivity index (χ3v) is 5.47. The second-order valence-electron chi connectivity index (χ2n) is 5.51. The van der Waals surface area contributed by atoms with Gasteiger partial charge >= 0.3 is 13.6 Å². The number of likely N-dealkylation sites (tertiary alicyclic amines) is 1. The maximum absolute atomic E-state index is 13.1. The molecule has 1 aliphatic heterocycles. The van der Waals surface area contributed by atoms with Gasteiger partial charge in [-0.15, -0.1) is 0 Å². The van der Waals surface area contributed by atoms with Crippen molar-refractivity contribution in [3.8, 4) is 0 Å². The van der Waals surface area contributed by atoms with Crippen molar-refractivity contribution in [1.82, 2.24) is 4.90 Å². The van der Waals surface area contributed by atoms with Gasteiger partial charge in [-0.1, -0.05) is 0 Å². The lowest BCUT2D eigenvalue weighted by atomic mass is 10.1. The first kappa shape index (κ1) is 20.0. The van der Waals surface area contributed by atoms with Gasteiger partial charge in [-0.05, 0) is 47.0 Å². The van der Waals surface area contributed by atoms with E-state index in [0.717, 1.165) is 19.3 Å². The number of hydrogen-bond donors (Lipinski definition) is 1. The van der Waals surface area contributed by atoms with Crippen molar-refractivity contribution >= 4 is 13.6 Å². The number of esters is 1. The van der Waals surface area contributed by atoms with Crippen LogP contribution in [0.3, 0.4) is 0 Å². The Morgan fingerprint density at radius 1 is 1.13 bits per heavy atom. The van der Waals surface area contributed by atoms with Crippen LogP contribution in [0.5, 0.6) is 0 Å². The molecule has 1 saturated heterocycles. The van der Waals surface area contributed by atoms with Gasteiger partial charge in [0.2, 0.25) is 5.76 Å². The van der Waals surface area contributed by atoms with E-state index in [4.69, 9.17) is 13.8 Å². The number of rotatable bonds is 8. The van der Waals surface area contributed by atoms with Crippen LogP contribution in [-0.4, -0.2) is 48.4 Å². The van der Waals surface area contributed by atoms with E-state index in [1.54, 1.807) is 32.6 Å². The maximum atomic E-state index is 13.1. The van der Waals surface area contributed by atoms with E-state index in [2.05, 4.69) is 0 Å². The fourth-order valence-corrected chi connectivity index (χ4v) is 4.32. The highest BCUT2D eigenvalue weighted by molar-refractivity contribution is 7.58. The summed E-state index contributed by atoms with van der Waals surface area (Å²) in [6.45, 7) is 8.16. The van der Waals surface area contributed by atoms with Gasteiger partial charge < -0.3 is 23.8 Å². The van der Waals surface area contributed by atoms with Gasteiger partial charge in [0.15, 0.2) is 5.44 Å². The Morgan fingerprint density at radius 3 is 2.09 bits per heavy atom. The van der Waals surface area contributed by atoms with Crippen molar-refractivity contribution in [2.75, 3.05) is 26.3 Å². The van der Waals surface area contributed by atoms with Crippen LogP contribution in [-0.2, 0) is 23.1 Å². The lowest BCUT2D eigenvalue weighted by Gasteiger charge is -2.34. The third-order valence-electron chi connectivity index (χ3n) is 3.26. The van der Waals surface area contributed by atoms with Crippen LogP contribution in [0, 0.1) is 0 Å². The van der Waals surface area contributed by atoms with Gasteiger partial charge in [0.05, 0.1) is 19.3 Å². The summed E-state index contributed by atoms with van der Waals surface area (Å²) >= 11 is 0. The Balaban J connectivity index is 3.28. The minimum Gasteiger partial charge on any atom is -0.500 e. The molecule has 134 valence electrons. The molecule has 8 heteroatoms. The zero-order valence-electron chi connectivity index (χ0n) is 14.4. The normalized spacial score (nSPS) is 17.2. The second kappa shape index (κ2) is 9.30. The molecule has 7 nitrogen and oxygen atoms in total. The van der Waals surface area contributed by atoms with E-state index >= 15 is 0 Å². The maximum Gasteiger partial charge on any atom is 0.381 e. The van der Waals surface area contributed by atoms with Gasteiger partial charge in [-0.2, -0.15) is 0 Å². The molecule has 0 spiro atoms. The molecule has 0 aromatic rings. The summed E-state index contributed by atoms with van der Waals surface area (Å²) in [5.41, 5.74) is -0.0773. The molecule has 0 unspecified atom stereocenters. The fourth-order valence-electron chi connectivity index (χ4n) is 2.42. The van der Waals surface area contributed by atoms with Crippen LogP contribution in [0.25, 0.3) is 0 Å². The first-order valence-electron chi connectivity index (χ1n) is 8.14. The van der Waals surface area contributed by atoms with E-state index in [1.807, 2.05) is 0 Å². The highest BCUT2D eigenvalue weighted by Gasteiger charge is 2.40. The van der Waals surface area contributed by atoms with Crippen LogP contribution >= 0.6 is 7.60 Å². The topological polar surface area (TPSA) is 85.3 Å². The molecule has 0 radical (unpaired) electrons. The van der Waals surface area contributed by atoms with Crippen LogP contribution in [0.15, 0.2) is 11.2 Å². The highest BCUT2D eigenvalue weighted by atomic mass is 31.2. The average molecular weight is 349 g/mol. The van der Waals surface area contributed by atoms with Crippen molar-refractivity contribution < 1.29 is 28.3 Å². The number of carbonyl (C=O) groups is 1. The Morgan fingerprint density at radius 2 is 1.65 bits per heavy atom. The molecule has 1 fully saturated rings. The lowest BCUT2D eigenvalue weighted by Crippen LogP contribution is -2.32. The van der Waals surface area contributed by atoms with E-state index in [-0.39, 0.29) is 18.7 Å². The molecule has 0 aromatic heterocycles. The molecule has 0 atom stereocenters. The molecule has 0 aromatic carbocycles. The van der Waals surface area contributed by atoms with Gasteiger partial charge in [0.25, 0.3) is 0 Å². The molecule has 0 aliphatic carbocycles. The minimum absolute atomic E-state index is 0.0773. The second-order valence-corrected chi connectivity index (χ2v) is 7.44. The predicted octanol–water partition coefficient (Wildman–Crippen LogP) is 3.42. The molecular weight excluding hydrogens is 321 g/mol. The van der Waals surface area contributed by atoms with E-state index in [0.29, 0.717) is 13.1 Å². The van der Waals surface area contributed by atoms with Crippen molar-refractivity contribution in [1.29, 1.82) is 0 Å². The Hall–Kier alpha value is -1.04. The van der Waals surface area contributed by atoms with Crippen molar-refractivity contribution in [3.63, 3.8) is 0 Å². The summed E-state index contributed by atoms with van der Waals surface area (Å²) in [6, 6.07) is 0. The van der Waals surface area contributed by atoms with E-state index in [9.17, 15) is 14.5 Å². The molecule has 1 heterocycles. The first-order valence-corrected chi connectivity index (χ1v) is 9.68. The molecule has 1 N–H and O–H groups in total. The first-order chi connectivity index (χ1) is 10.9. The smallest absolute Gasteiger partial charge is 0.381 e. The quantitative estimate of drug-likeness (QED) is 0.311. The zero-order chi connectivity index (χ0) is 17.5. The van der Waals surface area contributed by atoms with Gasteiger partial charge in [0, 0.05) is 13.1 Å². The molecule has 1 rings (SSSR count). The van der Waals surface area contributed by atoms with Crippen molar-refractivity contribution in [3.05, 3.63) is 11.2 Å². The van der Waals surface area contributed by atoms with Gasteiger partial charge in [0.1, 0.15) is 0 Å². The van der Waals surface area contributed by atoms with Crippen molar-refractivity contribution in [2.24, 2.45) is 0 Å². The lowest BCUT2D eigenvalue weighted by molar-refractivity contribution is -0.146. The number of ether oxygens (including phenoxy) is 1.